The number of halogens is 1. The van der Waals surface area contributed by atoms with E-state index in [2.05, 4.69) is 26.0 Å². The van der Waals surface area contributed by atoms with Crippen LogP contribution in [-0.4, -0.2) is 38.7 Å². The van der Waals surface area contributed by atoms with Crippen molar-refractivity contribution in [2.75, 3.05) is 13.1 Å². The summed E-state index contributed by atoms with van der Waals surface area (Å²) in [6.45, 7) is 1.55. The molecule has 0 N–H and O–H groups in total. The van der Waals surface area contributed by atoms with E-state index in [9.17, 15) is 4.79 Å². The molecule has 2 aromatic heterocycles. The van der Waals surface area contributed by atoms with Crippen molar-refractivity contribution in [2.45, 2.75) is 18.8 Å². The standard InChI is InChI=1S/C15H17BrN4O/c1-19-9-13(7-18-19)11-3-2-4-20(10-11)15(21)12-5-14(16)8-17-6-12/h5-9,11H,2-4,10H2,1H3. The fraction of sp³-hybridized carbons (Fsp3) is 0.400. The van der Waals surface area contributed by atoms with Crippen LogP contribution in [0.3, 0.4) is 0 Å². The van der Waals surface area contributed by atoms with Gasteiger partial charge >= 0.3 is 0 Å². The van der Waals surface area contributed by atoms with Crippen LogP contribution in [0.15, 0.2) is 35.3 Å². The molecule has 1 saturated heterocycles. The maximum atomic E-state index is 12.6. The number of piperidine rings is 1. The summed E-state index contributed by atoms with van der Waals surface area (Å²) in [5.41, 5.74) is 1.85. The smallest absolute Gasteiger partial charge is 0.255 e. The monoisotopic (exact) mass is 348 g/mol. The lowest BCUT2D eigenvalue weighted by atomic mass is 9.92. The number of likely N-dealkylation sites (tertiary alicyclic amines) is 1. The Balaban J connectivity index is 1.75. The average Bonchev–Trinajstić information content (AvgIpc) is 2.93. The zero-order chi connectivity index (χ0) is 14.8. The Labute approximate surface area is 132 Å². The minimum Gasteiger partial charge on any atom is -0.338 e. The predicted molar refractivity (Wildman–Crippen MR) is 83.0 cm³/mol. The van der Waals surface area contributed by atoms with Gasteiger partial charge in [-0.1, -0.05) is 0 Å². The topological polar surface area (TPSA) is 51.0 Å². The molecule has 5 nitrogen and oxygen atoms in total. The van der Waals surface area contributed by atoms with Crippen LogP contribution in [0.5, 0.6) is 0 Å². The normalized spacial score (nSPS) is 18.8. The van der Waals surface area contributed by atoms with Gasteiger partial charge in [-0.15, -0.1) is 0 Å². The molecule has 0 aromatic carbocycles. The first-order valence-electron chi connectivity index (χ1n) is 7.02. The van der Waals surface area contributed by atoms with Crippen molar-refractivity contribution in [3.05, 3.63) is 46.5 Å². The Bertz CT molecular complexity index is 655. The SMILES string of the molecule is Cn1cc(C2CCCN(C(=O)c3cncc(Br)c3)C2)cn1. The fourth-order valence-corrected chi connectivity index (χ4v) is 3.16. The third kappa shape index (κ3) is 3.15. The molecular formula is C15H17BrN4O. The van der Waals surface area contributed by atoms with E-state index in [4.69, 9.17) is 0 Å². The van der Waals surface area contributed by atoms with E-state index in [0.29, 0.717) is 11.5 Å². The molecule has 0 radical (unpaired) electrons. The van der Waals surface area contributed by atoms with Crippen molar-refractivity contribution in [3.8, 4) is 0 Å². The number of aryl methyl sites for hydroxylation is 1. The molecule has 21 heavy (non-hydrogen) atoms. The highest BCUT2D eigenvalue weighted by Gasteiger charge is 2.26. The molecule has 3 heterocycles. The number of aromatic nitrogens is 3. The summed E-state index contributed by atoms with van der Waals surface area (Å²) < 4.78 is 2.64. The van der Waals surface area contributed by atoms with Gasteiger partial charge in [0, 0.05) is 49.1 Å². The highest BCUT2D eigenvalue weighted by Crippen LogP contribution is 2.27. The average molecular weight is 349 g/mol. The van der Waals surface area contributed by atoms with Gasteiger partial charge in [-0.25, -0.2) is 0 Å². The summed E-state index contributed by atoms with van der Waals surface area (Å²) in [5, 5.41) is 4.23. The van der Waals surface area contributed by atoms with E-state index in [0.717, 1.165) is 30.4 Å². The maximum Gasteiger partial charge on any atom is 0.255 e. The molecule has 1 fully saturated rings. The third-order valence-electron chi connectivity index (χ3n) is 3.86. The highest BCUT2D eigenvalue weighted by atomic mass is 79.9. The fourth-order valence-electron chi connectivity index (χ4n) is 2.80. The Morgan fingerprint density at radius 1 is 1.38 bits per heavy atom. The minimum absolute atomic E-state index is 0.0531. The molecule has 1 aliphatic heterocycles. The quantitative estimate of drug-likeness (QED) is 0.838. The molecule has 0 spiro atoms. The molecule has 1 amide bonds. The van der Waals surface area contributed by atoms with Crippen LogP contribution < -0.4 is 0 Å². The Hall–Kier alpha value is -1.69. The first-order valence-corrected chi connectivity index (χ1v) is 7.81. The molecule has 0 saturated carbocycles. The van der Waals surface area contributed by atoms with Crippen LogP contribution in [0.1, 0.15) is 34.7 Å². The van der Waals surface area contributed by atoms with Gasteiger partial charge in [-0.3, -0.25) is 14.5 Å². The molecule has 1 unspecified atom stereocenters. The van der Waals surface area contributed by atoms with E-state index in [1.54, 1.807) is 12.4 Å². The van der Waals surface area contributed by atoms with Gasteiger partial charge < -0.3 is 4.90 Å². The summed E-state index contributed by atoms with van der Waals surface area (Å²) in [7, 11) is 1.92. The molecule has 2 aromatic rings. The van der Waals surface area contributed by atoms with Gasteiger partial charge in [0.25, 0.3) is 5.91 Å². The summed E-state index contributed by atoms with van der Waals surface area (Å²) in [5.74, 6) is 0.425. The predicted octanol–water partition coefficient (Wildman–Crippen LogP) is 2.60. The molecule has 0 bridgehead atoms. The summed E-state index contributed by atoms with van der Waals surface area (Å²) in [6.07, 6.45) is 9.38. The van der Waals surface area contributed by atoms with Crippen LogP contribution in [0.2, 0.25) is 0 Å². The number of carbonyl (C=O) groups excluding carboxylic acids is 1. The zero-order valence-corrected chi connectivity index (χ0v) is 13.5. The first kappa shape index (κ1) is 14.3. The van der Waals surface area contributed by atoms with E-state index in [1.165, 1.54) is 5.56 Å². The first-order chi connectivity index (χ1) is 10.1. The molecule has 110 valence electrons. The molecule has 3 rings (SSSR count). The number of hydrogen-bond acceptors (Lipinski definition) is 3. The van der Waals surface area contributed by atoms with Gasteiger partial charge in [0.15, 0.2) is 0 Å². The van der Waals surface area contributed by atoms with Gasteiger partial charge in [0.05, 0.1) is 11.8 Å². The van der Waals surface area contributed by atoms with Crippen LogP contribution >= 0.6 is 15.9 Å². The lowest BCUT2D eigenvalue weighted by Gasteiger charge is -2.32. The summed E-state index contributed by atoms with van der Waals surface area (Å²) in [4.78, 5) is 18.6. The summed E-state index contributed by atoms with van der Waals surface area (Å²) in [6, 6.07) is 1.82. The van der Waals surface area contributed by atoms with Crippen molar-refractivity contribution < 1.29 is 4.79 Å². The number of amides is 1. The molecule has 6 heteroatoms. The molecular weight excluding hydrogens is 332 g/mol. The highest BCUT2D eigenvalue weighted by molar-refractivity contribution is 9.10. The number of carbonyl (C=O) groups is 1. The van der Waals surface area contributed by atoms with Crippen LogP contribution in [0.4, 0.5) is 0 Å². The Morgan fingerprint density at radius 3 is 2.95 bits per heavy atom. The number of hydrogen-bond donors (Lipinski definition) is 0. The van der Waals surface area contributed by atoms with Crippen LogP contribution in [-0.2, 0) is 7.05 Å². The minimum atomic E-state index is 0.0531. The lowest BCUT2D eigenvalue weighted by molar-refractivity contribution is 0.0706. The number of nitrogens with zero attached hydrogens (tertiary/aromatic N) is 4. The lowest BCUT2D eigenvalue weighted by Crippen LogP contribution is -2.39. The second-order valence-electron chi connectivity index (χ2n) is 5.43. The Morgan fingerprint density at radius 2 is 2.24 bits per heavy atom. The second-order valence-corrected chi connectivity index (χ2v) is 6.35. The molecule has 1 aliphatic rings. The van der Waals surface area contributed by atoms with Gasteiger partial charge in [0.1, 0.15) is 0 Å². The number of pyridine rings is 1. The third-order valence-corrected chi connectivity index (χ3v) is 4.29. The van der Waals surface area contributed by atoms with E-state index in [1.807, 2.05) is 35.1 Å². The largest absolute Gasteiger partial charge is 0.338 e. The van der Waals surface area contributed by atoms with E-state index < -0.39 is 0 Å². The van der Waals surface area contributed by atoms with Crippen LogP contribution in [0, 0.1) is 0 Å². The summed E-state index contributed by atoms with van der Waals surface area (Å²) >= 11 is 3.36. The van der Waals surface area contributed by atoms with Gasteiger partial charge in [-0.05, 0) is 40.4 Å². The maximum absolute atomic E-state index is 12.6. The van der Waals surface area contributed by atoms with Crippen molar-refractivity contribution in [1.82, 2.24) is 19.7 Å². The van der Waals surface area contributed by atoms with Gasteiger partial charge in [-0.2, -0.15) is 5.10 Å². The Kier molecular flexibility index (Phi) is 4.05. The van der Waals surface area contributed by atoms with E-state index >= 15 is 0 Å². The van der Waals surface area contributed by atoms with Crippen molar-refractivity contribution >= 4 is 21.8 Å². The van der Waals surface area contributed by atoms with Gasteiger partial charge in [0.2, 0.25) is 0 Å². The molecule has 0 aliphatic carbocycles. The van der Waals surface area contributed by atoms with Crippen molar-refractivity contribution in [3.63, 3.8) is 0 Å². The van der Waals surface area contributed by atoms with Crippen molar-refractivity contribution in [1.29, 1.82) is 0 Å². The number of rotatable bonds is 2. The molecule has 1 atom stereocenters. The second kappa shape index (κ2) is 5.97. The van der Waals surface area contributed by atoms with Crippen molar-refractivity contribution in [2.24, 2.45) is 7.05 Å². The van der Waals surface area contributed by atoms with Crippen LogP contribution in [0.25, 0.3) is 0 Å². The zero-order valence-electron chi connectivity index (χ0n) is 11.9. The van der Waals surface area contributed by atoms with E-state index in [-0.39, 0.29) is 5.91 Å².